The molecule has 5 nitrogen and oxygen atoms in total. The number of hydrogen-bond donors (Lipinski definition) is 1. The fraction of sp³-hybridized carbons (Fsp3) is 0.600. The van der Waals surface area contributed by atoms with Crippen molar-refractivity contribution in [1.82, 2.24) is 5.01 Å². The van der Waals surface area contributed by atoms with Crippen LogP contribution in [0.4, 0.5) is 4.39 Å². The van der Waals surface area contributed by atoms with Gasteiger partial charge in [-0.15, -0.1) is 0 Å². The van der Waals surface area contributed by atoms with Crippen molar-refractivity contribution >= 4 is 10.1 Å². The van der Waals surface area contributed by atoms with Gasteiger partial charge in [0.15, 0.2) is 0 Å². The fourth-order valence-corrected chi connectivity index (χ4v) is 4.15. The number of benzene rings is 1. The Morgan fingerprint density at radius 1 is 1.32 bits per heavy atom. The SMILES string of the molecule is CC(C)(OS(C)(=O)=O)[C@@H]1CN(N)CC[C@H]1c1ccc(F)cc1. The second-order valence-electron chi connectivity index (χ2n) is 6.44. The van der Waals surface area contributed by atoms with Crippen LogP contribution in [0.25, 0.3) is 0 Å². The minimum atomic E-state index is -3.58. The number of hydrogen-bond acceptors (Lipinski definition) is 5. The summed E-state index contributed by atoms with van der Waals surface area (Å²) in [5.41, 5.74) is 0.0784. The molecule has 7 heteroatoms. The van der Waals surface area contributed by atoms with Gasteiger partial charge in [0.05, 0.1) is 11.9 Å². The van der Waals surface area contributed by atoms with Crippen LogP contribution in [0, 0.1) is 11.7 Å². The zero-order valence-corrected chi connectivity index (χ0v) is 13.9. The van der Waals surface area contributed by atoms with E-state index in [1.807, 2.05) is 0 Å². The second-order valence-corrected chi connectivity index (χ2v) is 8.01. The van der Waals surface area contributed by atoms with Gasteiger partial charge in [-0.3, -0.25) is 10.0 Å². The summed E-state index contributed by atoms with van der Waals surface area (Å²) in [6.07, 6.45) is 1.81. The van der Waals surface area contributed by atoms with E-state index in [9.17, 15) is 12.8 Å². The van der Waals surface area contributed by atoms with Crippen LogP contribution in [0.2, 0.25) is 0 Å². The molecular formula is C15H23FN2O3S. The van der Waals surface area contributed by atoms with E-state index < -0.39 is 15.7 Å². The maximum absolute atomic E-state index is 13.1. The van der Waals surface area contributed by atoms with E-state index in [4.69, 9.17) is 10.0 Å². The van der Waals surface area contributed by atoms with Gasteiger partial charge in [-0.25, -0.2) is 9.40 Å². The molecule has 0 amide bonds. The molecule has 1 heterocycles. The maximum atomic E-state index is 13.1. The largest absolute Gasteiger partial charge is 0.269 e. The first-order valence-electron chi connectivity index (χ1n) is 7.24. The number of halogens is 1. The number of piperidine rings is 1. The maximum Gasteiger partial charge on any atom is 0.264 e. The van der Waals surface area contributed by atoms with Gasteiger partial charge in [0.25, 0.3) is 10.1 Å². The highest BCUT2D eigenvalue weighted by Gasteiger charge is 2.42. The number of nitrogens with zero attached hydrogens (tertiary/aromatic N) is 1. The Kier molecular flexibility index (Phi) is 4.91. The molecular weight excluding hydrogens is 307 g/mol. The van der Waals surface area contributed by atoms with Gasteiger partial charge in [0, 0.05) is 19.0 Å². The molecule has 1 aliphatic heterocycles. The third-order valence-corrected chi connectivity index (χ3v) is 4.93. The van der Waals surface area contributed by atoms with Crippen molar-refractivity contribution in [3.8, 4) is 0 Å². The first-order chi connectivity index (χ1) is 10.1. The summed E-state index contributed by atoms with van der Waals surface area (Å²) in [4.78, 5) is 0. The van der Waals surface area contributed by atoms with Gasteiger partial charge in [0.1, 0.15) is 5.82 Å². The molecule has 0 unspecified atom stereocenters. The number of nitrogens with two attached hydrogens (primary N) is 1. The molecule has 0 radical (unpaired) electrons. The summed E-state index contributed by atoms with van der Waals surface area (Å²) in [6, 6.07) is 6.34. The molecule has 0 aliphatic carbocycles. The molecule has 1 aromatic rings. The Hall–Kier alpha value is -1.02. The summed E-state index contributed by atoms with van der Waals surface area (Å²) in [5.74, 6) is 5.58. The summed E-state index contributed by atoms with van der Waals surface area (Å²) in [7, 11) is -3.58. The zero-order valence-electron chi connectivity index (χ0n) is 13.1. The minimum Gasteiger partial charge on any atom is -0.269 e. The van der Waals surface area contributed by atoms with E-state index >= 15 is 0 Å². The molecule has 0 aromatic heterocycles. The summed E-state index contributed by atoms with van der Waals surface area (Å²) < 4.78 is 41.5. The summed E-state index contributed by atoms with van der Waals surface area (Å²) in [5, 5.41) is 1.68. The molecule has 0 spiro atoms. The Bertz CT molecular complexity index is 616. The molecule has 2 rings (SSSR count). The number of hydrazine groups is 1. The number of rotatable bonds is 4. The molecule has 1 saturated heterocycles. The van der Waals surface area contributed by atoms with Crippen molar-refractivity contribution in [1.29, 1.82) is 0 Å². The normalized spacial score (nSPS) is 24.4. The predicted molar refractivity (Wildman–Crippen MR) is 83.0 cm³/mol. The highest BCUT2D eigenvalue weighted by molar-refractivity contribution is 7.86. The minimum absolute atomic E-state index is 0.0668. The van der Waals surface area contributed by atoms with Gasteiger partial charge in [0.2, 0.25) is 0 Å². The standard InChI is InChI=1S/C15H23FN2O3S/c1-15(2,21-22(3,19)20)14-10-18(17)9-8-13(14)11-4-6-12(16)7-5-11/h4-7,13-14H,8-10,17H2,1-3H3/t13-,14+/m0/s1. The van der Waals surface area contributed by atoms with E-state index in [2.05, 4.69) is 0 Å². The van der Waals surface area contributed by atoms with E-state index in [1.165, 1.54) is 12.1 Å². The van der Waals surface area contributed by atoms with Crippen LogP contribution in [0.15, 0.2) is 24.3 Å². The molecule has 1 aromatic carbocycles. The lowest BCUT2D eigenvalue weighted by Crippen LogP contribution is -2.52. The third-order valence-electron chi connectivity index (χ3n) is 4.20. The lowest BCUT2D eigenvalue weighted by atomic mass is 9.73. The molecule has 124 valence electrons. The van der Waals surface area contributed by atoms with Crippen molar-refractivity contribution in [2.45, 2.75) is 31.8 Å². The predicted octanol–water partition coefficient (Wildman–Crippen LogP) is 1.86. The molecule has 1 aliphatic rings. The first kappa shape index (κ1) is 17.3. The first-order valence-corrected chi connectivity index (χ1v) is 9.06. The Balaban J connectivity index is 2.32. The van der Waals surface area contributed by atoms with Crippen molar-refractivity contribution < 1.29 is 17.0 Å². The van der Waals surface area contributed by atoms with Crippen LogP contribution in [0.1, 0.15) is 31.7 Å². The average molecular weight is 330 g/mol. The monoisotopic (exact) mass is 330 g/mol. The quantitative estimate of drug-likeness (QED) is 0.674. The fourth-order valence-electron chi connectivity index (χ4n) is 3.24. The van der Waals surface area contributed by atoms with Crippen molar-refractivity contribution in [3.63, 3.8) is 0 Å². The lowest BCUT2D eigenvalue weighted by molar-refractivity contribution is -0.00497. The Morgan fingerprint density at radius 2 is 1.91 bits per heavy atom. The average Bonchev–Trinajstić information content (AvgIpc) is 2.37. The molecule has 2 atom stereocenters. The lowest BCUT2D eigenvalue weighted by Gasteiger charge is -2.44. The molecule has 0 bridgehead atoms. The van der Waals surface area contributed by atoms with Crippen LogP contribution in [0.5, 0.6) is 0 Å². The third kappa shape index (κ3) is 4.25. The highest BCUT2D eigenvalue weighted by atomic mass is 32.2. The van der Waals surface area contributed by atoms with Crippen LogP contribution in [-0.4, -0.2) is 38.4 Å². The van der Waals surface area contributed by atoms with Crippen LogP contribution >= 0.6 is 0 Å². The van der Waals surface area contributed by atoms with E-state index in [0.717, 1.165) is 18.2 Å². The van der Waals surface area contributed by atoms with Gasteiger partial charge in [-0.2, -0.15) is 8.42 Å². The zero-order chi connectivity index (χ0) is 16.5. The van der Waals surface area contributed by atoms with E-state index in [-0.39, 0.29) is 17.7 Å². The van der Waals surface area contributed by atoms with E-state index in [1.54, 1.807) is 31.0 Å². The highest BCUT2D eigenvalue weighted by Crippen LogP contribution is 2.40. The molecule has 2 N–H and O–H groups in total. The van der Waals surface area contributed by atoms with Gasteiger partial charge >= 0.3 is 0 Å². The van der Waals surface area contributed by atoms with Crippen molar-refractivity contribution in [2.24, 2.45) is 11.8 Å². The van der Waals surface area contributed by atoms with Crippen LogP contribution in [0.3, 0.4) is 0 Å². The van der Waals surface area contributed by atoms with Gasteiger partial charge in [-0.05, 0) is 43.9 Å². The van der Waals surface area contributed by atoms with E-state index in [0.29, 0.717) is 13.1 Å². The van der Waals surface area contributed by atoms with Gasteiger partial charge < -0.3 is 0 Å². The van der Waals surface area contributed by atoms with Crippen LogP contribution in [-0.2, 0) is 14.3 Å². The van der Waals surface area contributed by atoms with Gasteiger partial charge in [-0.1, -0.05) is 12.1 Å². The summed E-state index contributed by atoms with van der Waals surface area (Å²) >= 11 is 0. The molecule has 0 saturated carbocycles. The molecule has 1 fully saturated rings. The smallest absolute Gasteiger partial charge is 0.264 e. The Labute approximate surface area is 131 Å². The van der Waals surface area contributed by atoms with Crippen molar-refractivity contribution in [2.75, 3.05) is 19.3 Å². The summed E-state index contributed by atoms with van der Waals surface area (Å²) in [6.45, 7) is 4.74. The topological polar surface area (TPSA) is 72.6 Å². The van der Waals surface area contributed by atoms with Crippen molar-refractivity contribution in [3.05, 3.63) is 35.6 Å². The Morgan fingerprint density at radius 3 is 2.45 bits per heavy atom. The molecule has 22 heavy (non-hydrogen) atoms. The van der Waals surface area contributed by atoms with Crippen LogP contribution < -0.4 is 5.84 Å². The second kappa shape index (κ2) is 6.23.